The van der Waals surface area contributed by atoms with Gasteiger partial charge >= 0.3 is 0 Å². The summed E-state index contributed by atoms with van der Waals surface area (Å²) >= 11 is 0. The van der Waals surface area contributed by atoms with E-state index < -0.39 is 0 Å². The van der Waals surface area contributed by atoms with Crippen molar-refractivity contribution in [1.82, 2.24) is 4.90 Å². The fourth-order valence-electron chi connectivity index (χ4n) is 2.71. The summed E-state index contributed by atoms with van der Waals surface area (Å²) in [5.74, 6) is 7.19. The van der Waals surface area contributed by atoms with Gasteiger partial charge < -0.3 is 10.6 Å². The third kappa shape index (κ3) is 3.65. The summed E-state index contributed by atoms with van der Waals surface area (Å²) in [4.78, 5) is 14.8. The summed E-state index contributed by atoms with van der Waals surface area (Å²) < 4.78 is 0. The Morgan fingerprint density at radius 3 is 2.81 bits per heavy atom. The minimum absolute atomic E-state index is 0.0961. The van der Waals surface area contributed by atoms with Crippen molar-refractivity contribution >= 4 is 5.91 Å². The summed E-state index contributed by atoms with van der Waals surface area (Å²) in [6, 6.07) is 5.84. The van der Waals surface area contributed by atoms with E-state index in [-0.39, 0.29) is 5.91 Å². The standard InChI is InChI=1S/C18H24N2O/c1-13-6-7-16(5-4-9-19)17(11-13)18(21)20-10-8-14(2)15(3)12-20/h6-7,11,14-15H,8-10,12,19H2,1-3H3. The predicted octanol–water partition coefficient (Wildman–Crippen LogP) is 2.42. The second kappa shape index (κ2) is 6.78. The van der Waals surface area contributed by atoms with Crippen LogP contribution in [0.3, 0.4) is 0 Å². The Kier molecular flexibility index (Phi) is 5.03. The van der Waals surface area contributed by atoms with Gasteiger partial charge in [-0.05, 0) is 37.3 Å². The lowest BCUT2D eigenvalue weighted by Crippen LogP contribution is -2.42. The van der Waals surface area contributed by atoms with Crippen LogP contribution in [0.2, 0.25) is 0 Å². The maximum absolute atomic E-state index is 12.8. The molecule has 2 unspecified atom stereocenters. The highest BCUT2D eigenvalue weighted by atomic mass is 16.2. The van der Waals surface area contributed by atoms with Gasteiger partial charge in [0.25, 0.3) is 5.91 Å². The van der Waals surface area contributed by atoms with Gasteiger partial charge in [0, 0.05) is 18.7 Å². The lowest BCUT2D eigenvalue weighted by molar-refractivity contribution is 0.0627. The third-order valence-electron chi connectivity index (χ3n) is 4.35. The van der Waals surface area contributed by atoms with Gasteiger partial charge in [-0.3, -0.25) is 4.79 Å². The van der Waals surface area contributed by atoms with Crippen LogP contribution in [0.15, 0.2) is 18.2 Å². The van der Waals surface area contributed by atoms with Crippen LogP contribution < -0.4 is 5.73 Å². The lowest BCUT2D eigenvalue weighted by Gasteiger charge is -2.35. The van der Waals surface area contributed by atoms with E-state index in [1.165, 1.54) is 0 Å². The van der Waals surface area contributed by atoms with Gasteiger partial charge in [-0.25, -0.2) is 0 Å². The van der Waals surface area contributed by atoms with Crippen LogP contribution in [-0.4, -0.2) is 30.4 Å². The number of carbonyl (C=O) groups is 1. The fraction of sp³-hybridized carbons (Fsp3) is 0.500. The van der Waals surface area contributed by atoms with Crippen molar-refractivity contribution in [1.29, 1.82) is 0 Å². The molecule has 0 bridgehead atoms. The number of hydrogen-bond acceptors (Lipinski definition) is 2. The van der Waals surface area contributed by atoms with Gasteiger partial charge in [0.2, 0.25) is 0 Å². The average molecular weight is 284 g/mol. The number of nitrogens with zero attached hydrogens (tertiary/aromatic N) is 1. The van der Waals surface area contributed by atoms with Gasteiger partial charge in [0.1, 0.15) is 0 Å². The zero-order valence-corrected chi connectivity index (χ0v) is 13.1. The molecule has 0 spiro atoms. The van der Waals surface area contributed by atoms with Crippen LogP contribution >= 0.6 is 0 Å². The number of hydrogen-bond donors (Lipinski definition) is 1. The smallest absolute Gasteiger partial charge is 0.255 e. The molecule has 1 heterocycles. The van der Waals surface area contributed by atoms with E-state index in [9.17, 15) is 4.79 Å². The average Bonchev–Trinajstić information content (AvgIpc) is 2.48. The summed E-state index contributed by atoms with van der Waals surface area (Å²) in [6.07, 6.45) is 1.07. The van der Waals surface area contributed by atoms with Gasteiger partial charge in [-0.1, -0.05) is 37.3 Å². The Morgan fingerprint density at radius 1 is 1.38 bits per heavy atom. The molecule has 2 atom stereocenters. The summed E-state index contributed by atoms with van der Waals surface area (Å²) in [5.41, 5.74) is 8.00. The number of rotatable bonds is 1. The van der Waals surface area contributed by atoms with E-state index in [4.69, 9.17) is 5.73 Å². The molecule has 3 nitrogen and oxygen atoms in total. The molecule has 0 aliphatic carbocycles. The molecule has 1 aromatic rings. The minimum atomic E-state index is 0.0961. The van der Waals surface area contributed by atoms with Crippen LogP contribution in [-0.2, 0) is 0 Å². The number of carbonyl (C=O) groups excluding carboxylic acids is 1. The molecule has 1 fully saturated rings. The largest absolute Gasteiger partial charge is 0.338 e. The van der Waals surface area contributed by atoms with Gasteiger partial charge in [-0.15, -0.1) is 0 Å². The van der Waals surface area contributed by atoms with E-state index in [0.717, 1.165) is 30.6 Å². The SMILES string of the molecule is Cc1ccc(C#CCN)c(C(=O)N2CCC(C)C(C)C2)c1. The Labute approximate surface area is 127 Å². The van der Waals surface area contributed by atoms with E-state index in [1.54, 1.807) is 0 Å². The molecule has 0 aromatic heterocycles. The molecule has 0 radical (unpaired) electrons. The van der Waals surface area contributed by atoms with E-state index in [0.29, 0.717) is 23.9 Å². The molecule has 1 aliphatic rings. The molecule has 2 N–H and O–H groups in total. The lowest BCUT2D eigenvalue weighted by atomic mass is 9.88. The number of likely N-dealkylation sites (tertiary alicyclic amines) is 1. The minimum Gasteiger partial charge on any atom is -0.338 e. The van der Waals surface area contributed by atoms with Crippen molar-refractivity contribution in [2.75, 3.05) is 19.6 Å². The van der Waals surface area contributed by atoms with Crippen molar-refractivity contribution in [2.45, 2.75) is 27.2 Å². The monoisotopic (exact) mass is 284 g/mol. The van der Waals surface area contributed by atoms with Gasteiger partial charge in [-0.2, -0.15) is 0 Å². The summed E-state index contributed by atoms with van der Waals surface area (Å²) in [5, 5.41) is 0. The molecule has 3 heteroatoms. The molecular formula is C18H24N2O. The first-order chi connectivity index (χ1) is 10.0. The highest BCUT2D eigenvalue weighted by Gasteiger charge is 2.27. The number of aryl methyl sites for hydroxylation is 1. The topological polar surface area (TPSA) is 46.3 Å². The van der Waals surface area contributed by atoms with Crippen LogP contribution in [0.5, 0.6) is 0 Å². The van der Waals surface area contributed by atoms with E-state index >= 15 is 0 Å². The van der Waals surface area contributed by atoms with Crippen LogP contribution in [0.25, 0.3) is 0 Å². The number of piperidine rings is 1. The van der Waals surface area contributed by atoms with E-state index in [1.807, 2.05) is 30.0 Å². The van der Waals surface area contributed by atoms with Crippen LogP contribution in [0.1, 0.15) is 41.8 Å². The summed E-state index contributed by atoms with van der Waals surface area (Å²) in [6.45, 7) is 8.45. The van der Waals surface area contributed by atoms with Crippen LogP contribution in [0.4, 0.5) is 0 Å². The number of amides is 1. The Hall–Kier alpha value is -1.79. The first kappa shape index (κ1) is 15.6. The first-order valence-electron chi connectivity index (χ1n) is 7.61. The molecule has 2 rings (SSSR count). The molecule has 1 saturated heterocycles. The van der Waals surface area contributed by atoms with Crippen LogP contribution in [0, 0.1) is 30.6 Å². The number of benzene rings is 1. The molecular weight excluding hydrogens is 260 g/mol. The highest BCUT2D eigenvalue weighted by Crippen LogP contribution is 2.24. The Bertz CT molecular complexity index is 583. The normalized spacial score (nSPS) is 21.6. The van der Waals surface area contributed by atoms with Crippen molar-refractivity contribution < 1.29 is 4.79 Å². The van der Waals surface area contributed by atoms with Crippen molar-refractivity contribution in [2.24, 2.45) is 17.6 Å². The summed E-state index contributed by atoms with van der Waals surface area (Å²) in [7, 11) is 0. The molecule has 1 amide bonds. The molecule has 21 heavy (non-hydrogen) atoms. The predicted molar refractivity (Wildman–Crippen MR) is 86.0 cm³/mol. The number of nitrogens with two attached hydrogens (primary N) is 1. The molecule has 1 aliphatic heterocycles. The second-order valence-electron chi connectivity index (χ2n) is 6.05. The fourth-order valence-corrected chi connectivity index (χ4v) is 2.71. The molecule has 1 aromatic carbocycles. The maximum Gasteiger partial charge on any atom is 0.255 e. The third-order valence-corrected chi connectivity index (χ3v) is 4.35. The van der Waals surface area contributed by atoms with E-state index in [2.05, 4.69) is 25.7 Å². The Morgan fingerprint density at radius 2 is 2.14 bits per heavy atom. The van der Waals surface area contributed by atoms with Crippen molar-refractivity contribution in [3.05, 3.63) is 34.9 Å². The quantitative estimate of drug-likeness (QED) is 0.805. The Balaban J connectivity index is 2.28. The molecule has 112 valence electrons. The molecule has 0 saturated carbocycles. The zero-order chi connectivity index (χ0) is 15.4. The highest BCUT2D eigenvalue weighted by molar-refractivity contribution is 5.97. The zero-order valence-electron chi connectivity index (χ0n) is 13.1. The van der Waals surface area contributed by atoms with Gasteiger partial charge in [0.05, 0.1) is 12.1 Å². The van der Waals surface area contributed by atoms with Crippen molar-refractivity contribution in [3.63, 3.8) is 0 Å². The van der Waals surface area contributed by atoms with Crippen molar-refractivity contribution in [3.8, 4) is 11.8 Å². The first-order valence-corrected chi connectivity index (χ1v) is 7.61. The maximum atomic E-state index is 12.8. The van der Waals surface area contributed by atoms with Gasteiger partial charge in [0.15, 0.2) is 0 Å². The second-order valence-corrected chi connectivity index (χ2v) is 6.05.